The molecule has 1 heterocycles. The highest BCUT2D eigenvalue weighted by Gasteiger charge is 2.35. The third-order valence-corrected chi connectivity index (χ3v) is 2.88. The van der Waals surface area contributed by atoms with E-state index >= 15 is 0 Å². The van der Waals surface area contributed by atoms with Gasteiger partial charge in [-0.2, -0.15) is 13.2 Å². The predicted molar refractivity (Wildman–Crippen MR) is 68.1 cm³/mol. The zero-order chi connectivity index (χ0) is 15.6. The molecule has 0 unspecified atom stereocenters. The lowest BCUT2D eigenvalue weighted by Gasteiger charge is -2.12. The number of carbonyl (C=O) groups excluding carboxylic acids is 1. The number of rotatable bonds is 3. The average Bonchev–Trinajstić information content (AvgIpc) is 2.40. The van der Waals surface area contributed by atoms with Crippen LogP contribution in [-0.4, -0.2) is 10.8 Å². The molecule has 0 amide bonds. The third kappa shape index (κ3) is 3.36. The van der Waals surface area contributed by atoms with E-state index in [9.17, 15) is 22.4 Å². The van der Waals surface area contributed by atoms with Crippen LogP contribution in [0.25, 0.3) is 0 Å². The molecule has 2 aromatic rings. The van der Waals surface area contributed by atoms with Crippen molar-refractivity contribution in [2.24, 2.45) is 0 Å². The quantitative estimate of drug-likeness (QED) is 0.699. The van der Waals surface area contributed by atoms with E-state index in [2.05, 4.69) is 4.98 Å². The molecule has 0 bridgehead atoms. The molecular weight excluding hydrogens is 288 g/mol. The fourth-order valence-electron chi connectivity index (χ4n) is 1.85. The van der Waals surface area contributed by atoms with Crippen LogP contribution in [0.4, 0.5) is 23.2 Å². The van der Waals surface area contributed by atoms with Crippen molar-refractivity contribution < 1.29 is 22.4 Å². The minimum Gasteiger partial charge on any atom is -0.398 e. The standard InChI is InChI=1S/C14H10F4N2O/c15-9-1-2-11(14(16,17)18)10(6-9)13(21)5-8-7-20-4-3-12(8)19/h1-4,6-7H,5H2,(H2,19,20). The Balaban J connectivity index is 2.40. The van der Waals surface area contributed by atoms with Crippen LogP contribution < -0.4 is 5.73 Å². The average molecular weight is 298 g/mol. The van der Waals surface area contributed by atoms with E-state index in [-0.39, 0.29) is 12.1 Å². The largest absolute Gasteiger partial charge is 0.417 e. The fourth-order valence-corrected chi connectivity index (χ4v) is 1.85. The van der Waals surface area contributed by atoms with Crippen LogP contribution in [0.1, 0.15) is 21.5 Å². The summed E-state index contributed by atoms with van der Waals surface area (Å²) in [6.45, 7) is 0. The van der Waals surface area contributed by atoms with Crippen molar-refractivity contribution in [1.82, 2.24) is 4.98 Å². The SMILES string of the molecule is Nc1ccncc1CC(=O)c1cc(F)ccc1C(F)(F)F. The molecule has 0 spiro atoms. The number of alkyl halides is 3. The summed E-state index contributed by atoms with van der Waals surface area (Å²) in [7, 11) is 0. The monoisotopic (exact) mass is 298 g/mol. The Labute approximate surface area is 117 Å². The number of aromatic nitrogens is 1. The molecule has 110 valence electrons. The van der Waals surface area contributed by atoms with E-state index in [1.807, 2.05) is 0 Å². The van der Waals surface area contributed by atoms with Crippen molar-refractivity contribution >= 4 is 11.5 Å². The van der Waals surface area contributed by atoms with Gasteiger partial charge in [-0.1, -0.05) is 0 Å². The van der Waals surface area contributed by atoms with Crippen LogP contribution >= 0.6 is 0 Å². The molecule has 0 saturated carbocycles. The topological polar surface area (TPSA) is 56.0 Å². The highest BCUT2D eigenvalue weighted by molar-refractivity contribution is 5.99. The summed E-state index contributed by atoms with van der Waals surface area (Å²) in [4.78, 5) is 15.8. The second-order valence-electron chi connectivity index (χ2n) is 4.36. The van der Waals surface area contributed by atoms with Gasteiger partial charge in [-0.25, -0.2) is 4.39 Å². The van der Waals surface area contributed by atoms with Gasteiger partial charge in [0.05, 0.1) is 5.56 Å². The Kier molecular flexibility index (Phi) is 3.93. The molecular formula is C14H10F4N2O. The number of halogens is 4. The van der Waals surface area contributed by atoms with Gasteiger partial charge in [-0.15, -0.1) is 0 Å². The molecule has 1 aromatic heterocycles. The van der Waals surface area contributed by atoms with Crippen molar-refractivity contribution in [3.05, 3.63) is 59.2 Å². The first kappa shape index (κ1) is 15.0. The number of nitrogens with zero attached hydrogens (tertiary/aromatic N) is 1. The summed E-state index contributed by atoms with van der Waals surface area (Å²) >= 11 is 0. The molecule has 0 saturated heterocycles. The number of anilines is 1. The fraction of sp³-hybridized carbons (Fsp3) is 0.143. The molecule has 0 fully saturated rings. The van der Waals surface area contributed by atoms with Gasteiger partial charge in [-0.3, -0.25) is 9.78 Å². The van der Waals surface area contributed by atoms with E-state index in [4.69, 9.17) is 5.73 Å². The summed E-state index contributed by atoms with van der Waals surface area (Å²) < 4.78 is 51.7. The molecule has 0 aliphatic carbocycles. The maximum atomic E-state index is 13.2. The Morgan fingerprint density at radius 1 is 1.24 bits per heavy atom. The van der Waals surface area contributed by atoms with Gasteiger partial charge >= 0.3 is 6.18 Å². The van der Waals surface area contributed by atoms with E-state index in [1.165, 1.54) is 18.5 Å². The Morgan fingerprint density at radius 2 is 1.95 bits per heavy atom. The van der Waals surface area contributed by atoms with Gasteiger partial charge in [0.2, 0.25) is 0 Å². The van der Waals surface area contributed by atoms with Crippen molar-refractivity contribution in [3.63, 3.8) is 0 Å². The Morgan fingerprint density at radius 3 is 2.57 bits per heavy atom. The third-order valence-electron chi connectivity index (χ3n) is 2.88. The first-order valence-electron chi connectivity index (χ1n) is 5.87. The van der Waals surface area contributed by atoms with Crippen LogP contribution in [-0.2, 0) is 12.6 Å². The zero-order valence-corrected chi connectivity index (χ0v) is 10.6. The van der Waals surface area contributed by atoms with Crippen LogP contribution in [0.15, 0.2) is 36.7 Å². The molecule has 0 radical (unpaired) electrons. The predicted octanol–water partition coefficient (Wildman–Crippen LogP) is 3.25. The Bertz CT molecular complexity index is 683. The highest BCUT2D eigenvalue weighted by Crippen LogP contribution is 2.33. The van der Waals surface area contributed by atoms with Crippen LogP contribution in [0, 0.1) is 5.82 Å². The lowest BCUT2D eigenvalue weighted by atomic mass is 9.98. The van der Waals surface area contributed by atoms with Gasteiger partial charge in [0.25, 0.3) is 0 Å². The van der Waals surface area contributed by atoms with Gasteiger partial charge in [0.1, 0.15) is 5.82 Å². The smallest absolute Gasteiger partial charge is 0.398 e. The van der Waals surface area contributed by atoms with Crippen molar-refractivity contribution in [1.29, 1.82) is 0 Å². The lowest BCUT2D eigenvalue weighted by Crippen LogP contribution is -2.15. The number of nitrogens with two attached hydrogens (primary N) is 1. The molecule has 0 aliphatic rings. The summed E-state index contributed by atoms with van der Waals surface area (Å²) in [6, 6.07) is 3.23. The molecule has 1 aromatic carbocycles. The number of ketones is 1. The summed E-state index contributed by atoms with van der Waals surface area (Å²) in [6.07, 6.45) is -2.43. The molecule has 0 atom stereocenters. The molecule has 3 nitrogen and oxygen atoms in total. The number of hydrogen-bond donors (Lipinski definition) is 1. The van der Waals surface area contributed by atoms with E-state index in [0.717, 1.165) is 0 Å². The number of benzene rings is 1. The maximum absolute atomic E-state index is 13.2. The van der Waals surface area contributed by atoms with Gasteiger partial charge in [0.15, 0.2) is 5.78 Å². The van der Waals surface area contributed by atoms with Crippen LogP contribution in [0.5, 0.6) is 0 Å². The van der Waals surface area contributed by atoms with Crippen LogP contribution in [0.3, 0.4) is 0 Å². The minimum absolute atomic E-state index is 0.239. The van der Waals surface area contributed by atoms with Gasteiger partial charge < -0.3 is 5.73 Å². The van der Waals surface area contributed by atoms with Crippen molar-refractivity contribution in [2.75, 3.05) is 5.73 Å². The Hall–Kier alpha value is -2.44. The molecule has 7 heteroatoms. The molecule has 2 N–H and O–H groups in total. The number of Topliss-reactive ketones (excluding diaryl/α,β-unsaturated/α-hetero) is 1. The summed E-state index contributed by atoms with van der Waals surface area (Å²) in [5, 5.41) is 0. The highest BCUT2D eigenvalue weighted by atomic mass is 19.4. The van der Waals surface area contributed by atoms with Crippen molar-refractivity contribution in [2.45, 2.75) is 12.6 Å². The summed E-state index contributed by atoms with van der Waals surface area (Å²) in [5.41, 5.74) is 4.26. The second kappa shape index (κ2) is 5.51. The normalized spacial score (nSPS) is 11.4. The van der Waals surface area contributed by atoms with Gasteiger partial charge in [-0.05, 0) is 24.3 Å². The van der Waals surface area contributed by atoms with E-state index in [1.54, 1.807) is 0 Å². The van der Waals surface area contributed by atoms with Crippen molar-refractivity contribution in [3.8, 4) is 0 Å². The number of pyridine rings is 1. The lowest BCUT2D eigenvalue weighted by molar-refractivity contribution is -0.137. The molecule has 2 rings (SSSR count). The first-order chi connectivity index (χ1) is 9.79. The summed E-state index contributed by atoms with van der Waals surface area (Å²) in [5.74, 6) is -1.79. The number of nitrogen functional groups attached to an aromatic ring is 1. The minimum atomic E-state index is -4.74. The van der Waals surface area contributed by atoms with Crippen LogP contribution in [0.2, 0.25) is 0 Å². The number of hydrogen-bond acceptors (Lipinski definition) is 3. The van der Waals surface area contributed by atoms with Gasteiger partial charge in [0, 0.05) is 35.6 Å². The second-order valence-corrected chi connectivity index (χ2v) is 4.36. The van der Waals surface area contributed by atoms with E-state index < -0.39 is 28.9 Å². The number of carbonyl (C=O) groups is 1. The molecule has 21 heavy (non-hydrogen) atoms. The molecule has 0 aliphatic heterocycles. The first-order valence-corrected chi connectivity index (χ1v) is 5.87. The maximum Gasteiger partial charge on any atom is 0.417 e. The van der Waals surface area contributed by atoms with E-state index in [0.29, 0.717) is 23.8 Å². The zero-order valence-electron chi connectivity index (χ0n) is 10.6.